The highest BCUT2D eigenvalue weighted by atomic mass is 19.1. The molecule has 0 heterocycles. The second-order valence-corrected chi connectivity index (χ2v) is 5.98. The molecular formula is C15H24FN. The molecule has 1 rings (SSSR count). The van der Waals surface area contributed by atoms with E-state index in [0.717, 1.165) is 18.7 Å². The van der Waals surface area contributed by atoms with Crippen LogP contribution >= 0.6 is 0 Å². The molecule has 96 valence electrons. The molecule has 1 aromatic carbocycles. The lowest BCUT2D eigenvalue weighted by atomic mass is 9.82. The van der Waals surface area contributed by atoms with Gasteiger partial charge in [-0.1, -0.05) is 39.8 Å². The van der Waals surface area contributed by atoms with Crippen molar-refractivity contribution in [1.82, 2.24) is 5.32 Å². The van der Waals surface area contributed by atoms with Crippen LogP contribution in [0.3, 0.4) is 0 Å². The monoisotopic (exact) mass is 237 g/mol. The number of nitrogens with one attached hydrogen (secondary N) is 1. The van der Waals surface area contributed by atoms with Crippen LogP contribution in [0.4, 0.5) is 4.39 Å². The third kappa shape index (κ3) is 4.47. The molecule has 0 saturated carbocycles. The lowest BCUT2D eigenvalue weighted by molar-refractivity contribution is 0.252. The zero-order chi connectivity index (χ0) is 13.1. The van der Waals surface area contributed by atoms with Crippen molar-refractivity contribution in [1.29, 1.82) is 0 Å². The van der Waals surface area contributed by atoms with Crippen LogP contribution in [0.15, 0.2) is 18.2 Å². The fourth-order valence-corrected chi connectivity index (χ4v) is 1.56. The normalized spacial score (nSPS) is 13.8. The molecule has 0 fully saturated rings. The zero-order valence-corrected chi connectivity index (χ0v) is 11.6. The molecule has 0 aliphatic rings. The Balaban J connectivity index is 2.44. The third-order valence-electron chi connectivity index (χ3n) is 3.48. The van der Waals surface area contributed by atoms with Gasteiger partial charge in [-0.3, -0.25) is 0 Å². The third-order valence-corrected chi connectivity index (χ3v) is 3.48. The Labute approximate surface area is 104 Å². The summed E-state index contributed by atoms with van der Waals surface area (Å²) in [5.41, 5.74) is 2.18. The lowest BCUT2D eigenvalue weighted by Crippen LogP contribution is -2.29. The number of aryl methyl sites for hydroxylation is 1. The summed E-state index contributed by atoms with van der Waals surface area (Å²) < 4.78 is 13.1. The maximum Gasteiger partial charge on any atom is 0.126 e. The average molecular weight is 237 g/mol. The summed E-state index contributed by atoms with van der Waals surface area (Å²) in [5.74, 6) is 0.487. The Morgan fingerprint density at radius 2 is 1.94 bits per heavy atom. The maximum atomic E-state index is 13.1. The molecule has 0 bridgehead atoms. The summed E-state index contributed by atoms with van der Waals surface area (Å²) in [4.78, 5) is 0. The van der Waals surface area contributed by atoms with Gasteiger partial charge >= 0.3 is 0 Å². The number of hydrogen-bond donors (Lipinski definition) is 1. The molecule has 1 unspecified atom stereocenters. The molecule has 0 amide bonds. The van der Waals surface area contributed by atoms with Gasteiger partial charge in [-0.2, -0.15) is 0 Å². The first-order valence-corrected chi connectivity index (χ1v) is 6.26. The van der Waals surface area contributed by atoms with Crippen LogP contribution in [0.5, 0.6) is 0 Å². The summed E-state index contributed by atoms with van der Waals surface area (Å²) >= 11 is 0. The minimum atomic E-state index is -0.128. The smallest absolute Gasteiger partial charge is 0.126 e. The van der Waals surface area contributed by atoms with Crippen LogP contribution in [-0.2, 0) is 6.54 Å². The zero-order valence-electron chi connectivity index (χ0n) is 11.6. The number of halogens is 1. The Morgan fingerprint density at radius 3 is 2.47 bits per heavy atom. The van der Waals surface area contributed by atoms with E-state index < -0.39 is 0 Å². The standard InChI is InChI=1S/C15H24FN/c1-11-8-13(6-7-14(11)16)10-17-9-12(2)15(3,4)5/h6-8,12,17H,9-10H2,1-5H3. The van der Waals surface area contributed by atoms with Gasteiger partial charge in [0.2, 0.25) is 0 Å². The first kappa shape index (κ1) is 14.2. The van der Waals surface area contributed by atoms with Crippen LogP contribution in [0.2, 0.25) is 0 Å². The second kappa shape index (κ2) is 5.63. The van der Waals surface area contributed by atoms with E-state index in [-0.39, 0.29) is 5.82 Å². The van der Waals surface area contributed by atoms with E-state index >= 15 is 0 Å². The van der Waals surface area contributed by atoms with Crippen molar-refractivity contribution < 1.29 is 4.39 Å². The maximum absolute atomic E-state index is 13.1. The highest BCUT2D eigenvalue weighted by Crippen LogP contribution is 2.24. The van der Waals surface area contributed by atoms with Gasteiger partial charge in [-0.05, 0) is 42.0 Å². The number of benzene rings is 1. The van der Waals surface area contributed by atoms with Crippen molar-refractivity contribution >= 4 is 0 Å². The van der Waals surface area contributed by atoms with Crippen molar-refractivity contribution in [3.63, 3.8) is 0 Å². The Kier molecular flexibility index (Phi) is 4.70. The molecule has 1 atom stereocenters. The van der Waals surface area contributed by atoms with E-state index in [1.165, 1.54) is 0 Å². The van der Waals surface area contributed by atoms with Gasteiger partial charge in [0.05, 0.1) is 0 Å². The summed E-state index contributed by atoms with van der Waals surface area (Å²) in [7, 11) is 0. The fourth-order valence-electron chi connectivity index (χ4n) is 1.56. The van der Waals surface area contributed by atoms with Gasteiger partial charge in [0.1, 0.15) is 5.82 Å². The summed E-state index contributed by atoms with van der Waals surface area (Å²) in [6, 6.07) is 5.29. The molecular weight excluding hydrogens is 213 g/mol. The lowest BCUT2D eigenvalue weighted by Gasteiger charge is -2.27. The highest BCUT2D eigenvalue weighted by Gasteiger charge is 2.19. The van der Waals surface area contributed by atoms with Gasteiger partial charge in [0, 0.05) is 6.54 Å². The van der Waals surface area contributed by atoms with E-state index in [1.807, 2.05) is 12.1 Å². The van der Waals surface area contributed by atoms with E-state index in [1.54, 1.807) is 13.0 Å². The molecule has 0 radical (unpaired) electrons. The molecule has 17 heavy (non-hydrogen) atoms. The molecule has 2 heteroatoms. The van der Waals surface area contributed by atoms with Crippen molar-refractivity contribution in [2.75, 3.05) is 6.54 Å². The topological polar surface area (TPSA) is 12.0 Å². The van der Waals surface area contributed by atoms with Crippen LogP contribution in [0, 0.1) is 24.1 Å². The van der Waals surface area contributed by atoms with Gasteiger partial charge in [-0.15, -0.1) is 0 Å². The predicted octanol–water partition coefficient (Wildman–Crippen LogP) is 3.91. The molecule has 1 nitrogen and oxygen atoms in total. The summed E-state index contributed by atoms with van der Waals surface area (Å²) in [6.45, 7) is 12.6. The highest BCUT2D eigenvalue weighted by molar-refractivity contribution is 5.23. The fraction of sp³-hybridized carbons (Fsp3) is 0.600. The van der Waals surface area contributed by atoms with E-state index in [2.05, 4.69) is 33.0 Å². The largest absolute Gasteiger partial charge is 0.312 e. The predicted molar refractivity (Wildman–Crippen MR) is 71.5 cm³/mol. The molecule has 0 aliphatic heterocycles. The first-order valence-electron chi connectivity index (χ1n) is 6.26. The molecule has 0 spiro atoms. The van der Waals surface area contributed by atoms with Gasteiger partial charge in [0.25, 0.3) is 0 Å². The van der Waals surface area contributed by atoms with E-state index in [4.69, 9.17) is 0 Å². The second-order valence-electron chi connectivity index (χ2n) is 5.98. The molecule has 0 aromatic heterocycles. The Hall–Kier alpha value is -0.890. The average Bonchev–Trinajstić information content (AvgIpc) is 2.22. The van der Waals surface area contributed by atoms with Crippen molar-refractivity contribution in [2.24, 2.45) is 11.3 Å². The first-order chi connectivity index (χ1) is 7.80. The van der Waals surface area contributed by atoms with Crippen LogP contribution in [0.25, 0.3) is 0 Å². The Morgan fingerprint density at radius 1 is 1.29 bits per heavy atom. The van der Waals surface area contributed by atoms with Crippen LogP contribution in [-0.4, -0.2) is 6.54 Å². The SMILES string of the molecule is Cc1cc(CNCC(C)C(C)(C)C)ccc1F. The van der Waals surface area contributed by atoms with E-state index in [9.17, 15) is 4.39 Å². The van der Waals surface area contributed by atoms with Gasteiger partial charge < -0.3 is 5.32 Å². The Bertz CT molecular complexity index is 366. The van der Waals surface area contributed by atoms with Crippen molar-refractivity contribution in [3.05, 3.63) is 35.1 Å². The molecule has 1 N–H and O–H groups in total. The van der Waals surface area contributed by atoms with Gasteiger partial charge in [0.15, 0.2) is 0 Å². The van der Waals surface area contributed by atoms with Crippen molar-refractivity contribution in [2.45, 2.75) is 41.2 Å². The quantitative estimate of drug-likeness (QED) is 0.837. The summed E-state index contributed by atoms with van der Waals surface area (Å²) in [6.07, 6.45) is 0. The van der Waals surface area contributed by atoms with Gasteiger partial charge in [-0.25, -0.2) is 4.39 Å². The minimum Gasteiger partial charge on any atom is -0.312 e. The number of rotatable bonds is 4. The minimum absolute atomic E-state index is 0.128. The summed E-state index contributed by atoms with van der Waals surface area (Å²) in [5, 5.41) is 3.43. The molecule has 1 aromatic rings. The van der Waals surface area contributed by atoms with Crippen molar-refractivity contribution in [3.8, 4) is 0 Å². The van der Waals surface area contributed by atoms with Crippen LogP contribution in [0.1, 0.15) is 38.8 Å². The molecule has 0 aliphatic carbocycles. The molecule has 0 saturated heterocycles. The van der Waals surface area contributed by atoms with E-state index in [0.29, 0.717) is 16.9 Å². The number of hydrogen-bond acceptors (Lipinski definition) is 1. The van der Waals surface area contributed by atoms with Crippen LogP contribution < -0.4 is 5.32 Å².